The number of carbonyl (C=O) groups is 2. The summed E-state index contributed by atoms with van der Waals surface area (Å²) in [6.45, 7) is 9.46. The number of hydrogen-bond donors (Lipinski definition) is 1. The predicted octanol–water partition coefficient (Wildman–Crippen LogP) is 2.78. The molecule has 1 aliphatic rings. The van der Waals surface area contributed by atoms with Crippen molar-refractivity contribution < 1.29 is 24.3 Å². The maximum atomic E-state index is 13.7. The first-order valence-electron chi connectivity index (χ1n) is 12.4. The van der Waals surface area contributed by atoms with Crippen molar-refractivity contribution in [1.82, 2.24) is 4.90 Å². The highest BCUT2D eigenvalue weighted by Crippen LogP contribution is 2.40. The third kappa shape index (κ3) is 5.37. The molecule has 2 aromatic carbocycles. The number of nitrogens with one attached hydrogen (secondary N) is 1. The Balaban J connectivity index is 1.64. The predicted molar refractivity (Wildman–Crippen MR) is 140 cm³/mol. The van der Waals surface area contributed by atoms with E-state index in [-0.39, 0.29) is 5.57 Å². The fourth-order valence-corrected chi connectivity index (χ4v) is 5.44. The van der Waals surface area contributed by atoms with E-state index < -0.39 is 23.5 Å². The zero-order chi connectivity index (χ0) is 25.7. The number of ether oxygens (including phenoxy) is 1. The van der Waals surface area contributed by atoms with Gasteiger partial charge in [-0.1, -0.05) is 48.2 Å². The number of quaternary nitrogens is 1. The highest BCUT2D eigenvalue weighted by atomic mass is 32.1. The quantitative estimate of drug-likeness (QED) is 0.262. The Morgan fingerprint density at radius 1 is 1.06 bits per heavy atom. The first-order valence-corrected chi connectivity index (χ1v) is 13.2. The van der Waals surface area contributed by atoms with Gasteiger partial charge in [-0.15, -0.1) is 11.3 Å². The molecule has 1 N–H and O–H groups in total. The number of likely N-dealkylation sites (N-methyl/N-ethyl adjacent to an activating group) is 1. The lowest BCUT2D eigenvalue weighted by Gasteiger charge is -2.28. The second-order valence-electron chi connectivity index (χ2n) is 8.95. The molecule has 2 heterocycles. The first-order chi connectivity index (χ1) is 17.4. The molecular formula is C29H32N2O4S. The lowest BCUT2D eigenvalue weighted by atomic mass is 9.97. The molecule has 1 aromatic heterocycles. The minimum Gasteiger partial charge on any atom is -0.872 e. The summed E-state index contributed by atoms with van der Waals surface area (Å²) in [5.41, 5.74) is 2.20. The van der Waals surface area contributed by atoms with Crippen molar-refractivity contribution in [3.05, 3.63) is 93.2 Å². The molecule has 7 heteroatoms. The van der Waals surface area contributed by atoms with Gasteiger partial charge in [-0.25, -0.2) is 0 Å². The number of hydrogen-bond acceptors (Lipinski definition) is 5. The van der Waals surface area contributed by atoms with Gasteiger partial charge in [-0.3, -0.25) is 9.59 Å². The van der Waals surface area contributed by atoms with Crippen molar-refractivity contribution in [3.63, 3.8) is 0 Å². The van der Waals surface area contributed by atoms with E-state index in [0.29, 0.717) is 30.0 Å². The van der Waals surface area contributed by atoms with E-state index in [9.17, 15) is 14.7 Å². The number of benzene rings is 2. The largest absolute Gasteiger partial charge is 0.872 e. The van der Waals surface area contributed by atoms with Crippen molar-refractivity contribution >= 4 is 28.8 Å². The molecular weight excluding hydrogens is 472 g/mol. The lowest BCUT2D eigenvalue weighted by molar-refractivity contribution is -0.895. The van der Waals surface area contributed by atoms with Crippen molar-refractivity contribution in [2.24, 2.45) is 0 Å². The zero-order valence-electron chi connectivity index (χ0n) is 21.0. The molecule has 0 saturated carbocycles. The summed E-state index contributed by atoms with van der Waals surface area (Å²) in [6, 6.07) is 18.2. The van der Waals surface area contributed by atoms with E-state index in [1.807, 2.05) is 54.8 Å². The van der Waals surface area contributed by atoms with E-state index in [1.165, 1.54) is 16.2 Å². The van der Waals surface area contributed by atoms with E-state index in [1.54, 1.807) is 23.1 Å². The van der Waals surface area contributed by atoms with Gasteiger partial charge in [-0.2, -0.15) is 0 Å². The molecule has 4 rings (SSSR count). The molecule has 188 valence electrons. The number of thiophene rings is 1. The van der Waals surface area contributed by atoms with Gasteiger partial charge in [0.15, 0.2) is 0 Å². The molecule has 0 bridgehead atoms. The number of aryl methyl sites for hydroxylation is 1. The molecule has 6 nitrogen and oxygen atoms in total. The average molecular weight is 505 g/mol. The number of Topliss-reactive ketones (excluding diaryl/α,β-unsaturated/α-hetero) is 1. The molecule has 1 aliphatic heterocycles. The van der Waals surface area contributed by atoms with Crippen molar-refractivity contribution in [2.45, 2.75) is 33.4 Å². The lowest BCUT2D eigenvalue weighted by Crippen LogP contribution is -3.12. The Labute approximate surface area is 216 Å². The average Bonchev–Trinajstić information content (AvgIpc) is 3.51. The summed E-state index contributed by atoms with van der Waals surface area (Å²) < 4.78 is 5.90. The molecule has 36 heavy (non-hydrogen) atoms. The van der Waals surface area contributed by atoms with Crippen LogP contribution in [0.5, 0.6) is 5.75 Å². The Bertz CT molecular complexity index is 1230. The number of nitrogens with zero attached hydrogens (tertiary/aromatic N) is 1. The third-order valence-electron chi connectivity index (χ3n) is 6.74. The second-order valence-corrected chi connectivity index (χ2v) is 9.93. The van der Waals surface area contributed by atoms with Crippen LogP contribution in [-0.2, 0) is 16.2 Å². The number of likely N-dealkylation sites (tertiary alicyclic amines) is 1. The van der Waals surface area contributed by atoms with Gasteiger partial charge in [0.2, 0.25) is 5.78 Å². The Morgan fingerprint density at radius 3 is 2.44 bits per heavy atom. The van der Waals surface area contributed by atoms with Crippen molar-refractivity contribution in [2.75, 3.05) is 26.2 Å². The molecule has 0 aliphatic carbocycles. The number of carbonyl (C=O) groups excluding carboxylic acids is 2. The fourth-order valence-electron chi connectivity index (χ4n) is 4.59. The summed E-state index contributed by atoms with van der Waals surface area (Å²) in [5, 5.41) is 15.6. The summed E-state index contributed by atoms with van der Waals surface area (Å²) in [5.74, 6) is -1.04. The highest BCUT2D eigenvalue weighted by molar-refractivity contribution is 7.10. The van der Waals surface area contributed by atoms with Crippen LogP contribution in [0.25, 0.3) is 5.76 Å². The van der Waals surface area contributed by atoms with Crippen LogP contribution in [0, 0.1) is 6.92 Å². The summed E-state index contributed by atoms with van der Waals surface area (Å²) in [7, 11) is 0. The van der Waals surface area contributed by atoms with Gasteiger partial charge in [0.25, 0.3) is 5.91 Å². The van der Waals surface area contributed by atoms with Crippen LogP contribution in [0.2, 0.25) is 0 Å². The van der Waals surface area contributed by atoms with Gasteiger partial charge >= 0.3 is 0 Å². The van der Waals surface area contributed by atoms with E-state index in [2.05, 4.69) is 13.8 Å². The third-order valence-corrected chi connectivity index (χ3v) is 7.66. The minimum absolute atomic E-state index is 0.0399. The fraction of sp³-hybridized carbons (Fsp3) is 0.310. The Morgan fingerprint density at radius 2 is 1.81 bits per heavy atom. The standard InChI is InChI=1S/C29H32N2O4S/c1-4-30(5-2)15-16-31-26(24-12-9-17-36-24)25(28(33)29(31)34)27(32)23-14-13-22(18-20(23)3)35-19-21-10-7-6-8-11-21/h6-14,17-18,26,32H,4-5,15-16,19H2,1-3H3. The molecule has 0 radical (unpaired) electrons. The van der Waals surface area contributed by atoms with Gasteiger partial charge in [0.05, 0.1) is 32.2 Å². The maximum absolute atomic E-state index is 13.7. The molecule has 1 fully saturated rings. The van der Waals surface area contributed by atoms with Crippen molar-refractivity contribution in [1.29, 1.82) is 0 Å². The van der Waals surface area contributed by atoms with Crippen LogP contribution in [0.4, 0.5) is 0 Å². The smallest absolute Gasteiger partial charge is 0.295 e. The molecule has 3 aromatic rings. The van der Waals surface area contributed by atoms with Crippen LogP contribution < -0.4 is 14.7 Å². The molecule has 1 unspecified atom stereocenters. The second kappa shape index (κ2) is 11.5. The highest BCUT2D eigenvalue weighted by Gasteiger charge is 2.44. The van der Waals surface area contributed by atoms with E-state index in [4.69, 9.17) is 4.74 Å². The first kappa shape index (κ1) is 25.7. The van der Waals surface area contributed by atoms with Crippen LogP contribution in [-0.4, -0.2) is 42.8 Å². The minimum atomic E-state index is -0.697. The number of ketones is 1. The van der Waals surface area contributed by atoms with Gasteiger partial charge < -0.3 is 19.6 Å². The SMILES string of the molecule is CC[NH+](CC)CCN1C(=O)C(=O)C(=C([O-])c2ccc(OCc3ccccc3)cc2C)C1c1cccs1. The van der Waals surface area contributed by atoms with Gasteiger partial charge in [0, 0.05) is 10.5 Å². The summed E-state index contributed by atoms with van der Waals surface area (Å²) in [4.78, 5) is 30.0. The van der Waals surface area contributed by atoms with Crippen LogP contribution in [0.3, 0.4) is 0 Å². The number of amides is 1. The zero-order valence-corrected chi connectivity index (χ0v) is 21.8. The van der Waals surface area contributed by atoms with Crippen LogP contribution in [0.1, 0.15) is 41.5 Å². The van der Waals surface area contributed by atoms with Gasteiger partial charge in [-0.05, 0) is 61.0 Å². The monoisotopic (exact) mass is 504 g/mol. The Hall–Kier alpha value is -3.42. The summed E-state index contributed by atoms with van der Waals surface area (Å²) in [6.07, 6.45) is 0. The molecule has 1 atom stereocenters. The van der Waals surface area contributed by atoms with Crippen molar-refractivity contribution in [3.8, 4) is 5.75 Å². The van der Waals surface area contributed by atoms with E-state index >= 15 is 0 Å². The summed E-state index contributed by atoms with van der Waals surface area (Å²) >= 11 is 1.46. The number of rotatable bonds is 10. The molecule has 1 saturated heterocycles. The van der Waals surface area contributed by atoms with Gasteiger partial charge in [0.1, 0.15) is 12.4 Å². The topological polar surface area (TPSA) is 74.1 Å². The normalized spacial score (nSPS) is 17.2. The molecule has 1 amide bonds. The van der Waals surface area contributed by atoms with E-state index in [0.717, 1.165) is 30.1 Å². The maximum Gasteiger partial charge on any atom is 0.295 e. The molecule has 0 spiro atoms. The van der Waals surface area contributed by atoms with Crippen LogP contribution in [0.15, 0.2) is 71.6 Å². The van der Waals surface area contributed by atoms with Crippen LogP contribution >= 0.6 is 11.3 Å². The Kier molecular flexibility index (Phi) is 8.23.